The molecule has 8 heteroatoms. The Balaban J connectivity index is 0.00000261. The molecule has 1 aromatic heterocycles. The van der Waals surface area contributed by atoms with Crippen molar-refractivity contribution in [3.63, 3.8) is 0 Å². The zero-order valence-corrected chi connectivity index (χ0v) is 16.0. The molecule has 0 spiro atoms. The lowest BCUT2D eigenvalue weighted by Gasteiger charge is -2.27. The summed E-state index contributed by atoms with van der Waals surface area (Å²) in [6, 6.07) is 7.69. The average Bonchev–Trinajstić information content (AvgIpc) is 2.68. The van der Waals surface area contributed by atoms with Crippen molar-refractivity contribution in [1.82, 2.24) is 9.97 Å². The summed E-state index contributed by atoms with van der Waals surface area (Å²) in [5.41, 5.74) is 8.03. The number of hydrogen-bond acceptors (Lipinski definition) is 6. The number of nitrogens with two attached hydrogens (primary N) is 1. The van der Waals surface area contributed by atoms with Gasteiger partial charge in [-0.05, 0) is 31.2 Å². The lowest BCUT2D eigenvalue weighted by atomic mass is 9.86. The fraction of sp³-hybridized carbons (Fsp3) is 0.368. The first-order valence-electron chi connectivity index (χ1n) is 8.68. The summed E-state index contributed by atoms with van der Waals surface area (Å²) in [4.78, 5) is 20.4. The van der Waals surface area contributed by atoms with E-state index < -0.39 is 0 Å². The number of methoxy groups -OCH3 is 1. The van der Waals surface area contributed by atoms with Crippen LogP contribution >= 0.6 is 12.4 Å². The van der Waals surface area contributed by atoms with Crippen LogP contribution in [-0.4, -0.2) is 34.9 Å². The van der Waals surface area contributed by atoms with Gasteiger partial charge in [0.1, 0.15) is 5.84 Å². The normalized spacial score (nSPS) is 18.9. The van der Waals surface area contributed by atoms with Crippen LogP contribution in [0.1, 0.15) is 31.2 Å². The third-order valence-electron chi connectivity index (χ3n) is 4.78. The number of nitrogens with zero attached hydrogens (tertiary/aromatic N) is 2. The molecule has 0 saturated heterocycles. The van der Waals surface area contributed by atoms with Gasteiger partial charge < -0.3 is 15.8 Å². The number of nitrogen functional groups attached to an aromatic ring is 1. The molecular formula is C19H24ClN5O2. The Bertz CT molecular complexity index is 772. The van der Waals surface area contributed by atoms with Gasteiger partial charge in [0, 0.05) is 29.6 Å². The van der Waals surface area contributed by atoms with Gasteiger partial charge in [-0.1, -0.05) is 24.3 Å². The van der Waals surface area contributed by atoms with E-state index in [1.165, 1.54) is 7.11 Å². The van der Waals surface area contributed by atoms with Crippen LogP contribution in [0.15, 0.2) is 36.7 Å². The summed E-state index contributed by atoms with van der Waals surface area (Å²) in [5, 5.41) is 10.8. The predicted octanol–water partition coefficient (Wildman–Crippen LogP) is 2.99. The Morgan fingerprint density at radius 3 is 2.22 bits per heavy atom. The minimum atomic E-state index is -0.111. The van der Waals surface area contributed by atoms with Gasteiger partial charge in [0.05, 0.1) is 13.0 Å². The number of carbonyl (C=O) groups is 1. The molecule has 0 aliphatic heterocycles. The summed E-state index contributed by atoms with van der Waals surface area (Å²) in [5.74, 6) is 0.545. The maximum Gasteiger partial charge on any atom is 0.308 e. The minimum Gasteiger partial charge on any atom is -0.469 e. The molecule has 0 atom stereocenters. The molecule has 1 aromatic carbocycles. The van der Waals surface area contributed by atoms with Crippen molar-refractivity contribution in [1.29, 1.82) is 5.41 Å². The number of rotatable bonds is 5. The zero-order chi connectivity index (χ0) is 18.5. The molecule has 1 heterocycles. The van der Waals surface area contributed by atoms with Crippen LogP contribution in [0.3, 0.4) is 0 Å². The average molecular weight is 390 g/mol. The molecule has 0 bridgehead atoms. The molecule has 1 aliphatic rings. The van der Waals surface area contributed by atoms with E-state index in [1.807, 2.05) is 24.3 Å². The molecule has 2 aromatic rings. The van der Waals surface area contributed by atoms with Crippen molar-refractivity contribution in [3.8, 4) is 11.1 Å². The van der Waals surface area contributed by atoms with E-state index in [0.29, 0.717) is 11.5 Å². The summed E-state index contributed by atoms with van der Waals surface area (Å²) >= 11 is 0. The molecule has 0 unspecified atom stereocenters. The fourth-order valence-corrected chi connectivity index (χ4v) is 3.22. The van der Waals surface area contributed by atoms with E-state index in [9.17, 15) is 4.79 Å². The van der Waals surface area contributed by atoms with Crippen molar-refractivity contribution < 1.29 is 9.53 Å². The maximum absolute atomic E-state index is 11.6. The van der Waals surface area contributed by atoms with Crippen LogP contribution in [0.2, 0.25) is 0 Å². The lowest BCUT2D eigenvalue weighted by molar-refractivity contribution is -0.146. The highest BCUT2D eigenvalue weighted by Crippen LogP contribution is 2.27. The van der Waals surface area contributed by atoms with Crippen molar-refractivity contribution >= 4 is 30.2 Å². The van der Waals surface area contributed by atoms with E-state index >= 15 is 0 Å². The lowest BCUT2D eigenvalue weighted by Crippen LogP contribution is -2.30. The molecule has 144 valence electrons. The van der Waals surface area contributed by atoms with Crippen LogP contribution in [0, 0.1) is 11.3 Å². The van der Waals surface area contributed by atoms with Crippen LogP contribution < -0.4 is 11.1 Å². The van der Waals surface area contributed by atoms with Crippen LogP contribution in [0.4, 0.5) is 5.95 Å². The van der Waals surface area contributed by atoms with Gasteiger partial charge in [0.25, 0.3) is 0 Å². The van der Waals surface area contributed by atoms with Gasteiger partial charge in [-0.3, -0.25) is 10.2 Å². The second-order valence-corrected chi connectivity index (χ2v) is 6.50. The van der Waals surface area contributed by atoms with E-state index in [0.717, 1.165) is 36.8 Å². The number of aromatic nitrogens is 2. The summed E-state index contributed by atoms with van der Waals surface area (Å²) in [7, 11) is 1.44. The van der Waals surface area contributed by atoms with E-state index in [-0.39, 0.29) is 36.2 Å². The summed E-state index contributed by atoms with van der Waals surface area (Å²) < 4.78 is 4.82. The summed E-state index contributed by atoms with van der Waals surface area (Å²) in [6.45, 7) is 0. The standard InChI is InChI=1S/C19H23N5O2.ClH/c1-26-18(25)14-6-8-16(9-7-14)24-19-22-10-15(11-23-19)12-2-4-13(5-3-12)17(20)21;/h2-5,10-11,14,16H,6-9H2,1H3,(H3,20,21)(H,22,23,24);1H/t14-,16-;. The Morgan fingerprint density at radius 2 is 1.70 bits per heavy atom. The number of nitrogens with one attached hydrogen (secondary N) is 2. The topological polar surface area (TPSA) is 114 Å². The maximum atomic E-state index is 11.6. The Hall–Kier alpha value is -2.67. The molecule has 1 saturated carbocycles. The minimum absolute atomic E-state index is 0. The van der Waals surface area contributed by atoms with Gasteiger partial charge in [-0.15, -0.1) is 12.4 Å². The first kappa shape index (κ1) is 20.6. The number of esters is 1. The SMILES string of the molecule is COC(=O)[C@H]1CC[C@H](Nc2ncc(-c3ccc(C(=N)N)cc3)cn2)CC1.Cl. The Morgan fingerprint density at radius 1 is 1.11 bits per heavy atom. The van der Waals surface area contributed by atoms with Crippen LogP contribution in [-0.2, 0) is 9.53 Å². The molecule has 3 rings (SSSR count). The third-order valence-corrected chi connectivity index (χ3v) is 4.78. The number of anilines is 1. The van der Waals surface area contributed by atoms with Gasteiger partial charge in [0.15, 0.2) is 0 Å². The van der Waals surface area contributed by atoms with Crippen molar-refractivity contribution in [3.05, 3.63) is 42.2 Å². The van der Waals surface area contributed by atoms with Crippen molar-refractivity contribution in [2.24, 2.45) is 11.7 Å². The van der Waals surface area contributed by atoms with E-state index in [1.54, 1.807) is 12.4 Å². The first-order valence-corrected chi connectivity index (χ1v) is 8.68. The number of carbonyl (C=O) groups excluding carboxylic acids is 1. The van der Waals surface area contributed by atoms with Crippen molar-refractivity contribution in [2.45, 2.75) is 31.7 Å². The highest BCUT2D eigenvalue weighted by atomic mass is 35.5. The van der Waals surface area contributed by atoms with Crippen LogP contribution in [0.5, 0.6) is 0 Å². The number of benzene rings is 1. The van der Waals surface area contributed by atoms with Gasteiger partial charge in [-0.2, -0.15) is 0 Å². The number of hydrogen-bond donors (Lipinski definition) is 3. The molecule has 0 radical (unpaired) electrons. The molecule has 27 heavy (non-hydrogen) atoms. The zero-order valence-electron chi connectivity index (χ0n) is 15.1. The fourth-order valence-electron chi connectivity index (χ4n) is 3.22. The molecular weight excluding hydrogens is 366 g/mol. The molecule has 0 amide bonds. The molecule has 1 aliphatic carbocycles. The third kappa shape index (κ3) is 5.17. The molecule has 4 N–H and O–H groups in total. The largest absolute Gasteiger partial charge is 0.469 e. The summed E-state index contributed by atoms with van der Waals surface area (Å²) in [6.07, 6.45) is 7.00. The predicted molar refractivity (Wildman–Crippen MR) is 107 cm³/mol. The van der Waals surface area contributed by atoms with E-state index in [2.05, 4.69) is 15.3 Å². The number of halogens is 1. The Kier molecular flexibility index (Phi) is 7.12. The highest BCUT2D eigenvalue weighted by molar-refractivity contribution is 5.95. The van der Waals surface area contributed by atoms with Crippen molar-refractivity contribution in [2.75, 3.05) is 12.4 Å². The smallest absolute Gasteiger partial charge is 0.308 e. The van der Waals surface area contributed by atoms with Gasteiger partial charge in [-0.25, -0.2) is 9.97 Å². The quantitative estimate of drug-likeness (QED) is 0.411. The second kappa shape index (κ2) is 9.32. The molecule has 1 fully saturated rings. The molecule has 7 nitrogen and oxygen atoms in total. The first-order chi connectivity index (χ1) is 12.6. The van der Waals surface area contributed by atoms with Crippen LogP contribution in [0.25, 0.3) is 11.1 Å². The number of ether oxygens (including phenoxy) is 1. The monoisotopic (exact) mass is 389 g/mol. The number of amidine groups is 1. The van der Waals surface area contributed by atoms with Gasteiger partial charge in [0.2, 0.25) is 5.95 Å². The highest BCUT2D eigenvalue weighted by Gasteiger charge is 2.27. The second-order valence-electron chi connectivity index (χ2n) is 6.50. The Labute approximate surface area is 164 Å². The van der Waals surface area contributed by atoms with E-state index in [4.69, 9.17) is 15.9 Å². The van der Waals surface area contributed by atoms with Gasteiger partial charge >= 0.3 is 5.97 Å².